The van der Waals surface area contributed by atoms with E-state index in [4.69, 9.17) is 4.52 Å². The van der Waals surface area contributed by atoms with Gasteiger partial charge in [0.1, 0.15) is 11.4 Å². The molecule has 10 heteroatoms. The number of hydrogen-bond donors (Lipinski definition) is 1. The molecule has 1 N–H and O–H groups in total. The van der Waals surface area contributed by atoms with Crippen molar-refractivity contribution in [1.82, 2.24) is 14.9 Å². The van der Waals surface area contributed by atoms with Gasteiger partial charge in [-0.1, -0.05) is 24.4 Å². The molecule has 3 rings (SSSR count). The SMILES string of the molecule is Cc1c(C2CCCCC2)noc1NS(=O)(=O)c1cnn(CC(F)F)c1. The summed E-state index contributed by atoms with van der Waals surface area (Å²) in [6, 6.07) is 0. The van der Waals surface area contributed by atoms with Gasteiger partial charge in [0, 0.05) is 17.7 Å². The molecule has 1 aliphatic carbocycles. The van der Waals surface area contributed by atoms with Gasteiger partial charge in [-0.25, -0.2) is 21.9 Å². The Labute approximate surface area is 144 Å². The monoisotopic (exact) mass is 374 g/mol. The largest absolute Gasteiger partial charge is 0.337 e. The maximum Gasteiger partial charge on any atom is 0.267 e. The van der Waals surface area contributed by atoms with E-state index in [0.717, 1.165) is 48.5 Å². The van der Waals surface area contributed by atoms with Gasteiger partial charge in [-0.2, -0.15) is 5.10 Å². The predicted molar refractivity (Wildman–Crippen MR) is 86.1 cm³/mol. The molecule has 0 radical (unpaired) electrons. The third-order valence-corrected chi connectivity index (χ3v) is 5.71. The Morgan fingerprint density at radius 3 is 2.76 bits per heavy atom. The lowest BCUT2D eigenvalue weighted by atomic mass is 9.86. The Morgan fingerprint density at radius 1 is 1.36 bits per heavy atom. The van der Waals surface area contributed by atoms with E-state index in [1.54, 1.807) is 6.92 Å². The smallest absolute Gasteiger partial charge is 0.267 e. The number of alkyl halides is 2. The van der Waals surface area contributed by atoms with Crippen molar-refractivity contribution in [2.75, 3.05) is 4.72 Å². The van der Waals surface area contributed by atoms with Crippen LogP contribution in [0, 0.1) is 6.92 Å². The molecular weight excluding hydrogens is 354 g/mol. The lowest BCUT2D eigenvalue weighted by Crippen LogP contribution is -2.13. The fourth-order valence-corrected chi connectivity index (χ4v) is 4.10. The standard InChI is InChI=1S/C15H20F2N4O3S/c1-10-14(11-5-3-2-4-6-11)19-24-15(10)20-25(22,23)12-7-18-21(8-12)9-13(16)17/h7-8,11,13,20H,2-6,9H2,1H3. The number of halogens is 2. The van der Waals surface area contributed by atoms with E-state index in [9.17, 15) is 17.2 Å². The molecular formula is C15H20F2N4O3S. The summed E-state index contributed by atoms with van der Waals surface area (Å²) in [5, 5.41) is 7.68. The summed E-state index contributed by atoms with van der Waals surface area (Å²) < 4.78 is 57.9. The second-order valence-electron chi connectivity index (χ2n) is 6.25. The molecule has 0 atom stereocenters. The zero-order valence-electron chi connectivity index (χ0n) is 13.8. The number of rotatable bonds is 6. The minimum absolute atomic E-state index is 0.0576. The number of sulfonamides is 1. The van der Waals surface area contributed by atoms with Gasteiger partial charge in [0.15, 0.2) is 0 Å². The minimum Gasteiger partial charge on any atom is -0.337 e. The van der Waals surface area contributed by atoms with Gasteiger partial charge in [0.05, 0.1) is 11.9 Å². The van der Waals surface area contributed by atoms with E-state index in [0.29, 0.717) is 5.56 Å². The zero-order valence-corrected chi connectivity index (χ0v) is 14.6. The lowest BCUT2D eigenvalue weighted by Gasteiger charge is -2.19. The normalized spacial score (nSPS) is 16.5. The maximum absolute atomic E-state index is 12.4. The molecule has 2 aromatic heterocycles. The number of anilines is 1. The number of nitrogens with zero attached hydrogens (tertiary/aromatic N) is 3. The van der Waals surface area contributed by atoms with Gasteiger partial charge in [0.2, 0.25) is 5.88 Å². The molecule has 1 saturated carbocycles. The topological polar surface area (TPSA) is 90.0 Å². The van der Waals surface area contributed by atoms with Crippen LogP contribution in [0.3, 0.4) is 0 Å². The van der Waals surface area contributed by atoms with Crippen molar-refractivity contribution in [3.8, 4) is 0 Å². The molecule has 0 amide bonds. The van der Waals surface area contributed by atoms with Gasteiger partial charge >= 0.3 is 0 Å². The van der Waals surface area contributed by atoms with Crippen LogP contribution in [0.4, 0.5) is 14.7 Å². The fourth-order valence-electron chi connectivity index (χ4n) is 3.11. The van der Waals surface area contributed by atoms with E-state index < -0.39 is 23.0 Å². The zero-order chi connectivity index (χ0) is 18.0. The Balaban J connectivity index is 1.77. The summed E-state index contributed by atoms with van der Waals surface area (Å²) in [6.07, 6.45) is 4.96. The molecule has 0 unspecified atom stereocenters. The summed E-state index contributed by atoms with van der Waals surface area (Å²) in [6.45, 7) is 1.10. The highest BCUT2D eigenvalue weighted by atomic mass is 32.2. The van der Waals surface area contributed by atoms with Crippen LogP contribution in [0.25, 0.3) is 0 Å². The molecule has 1 fully saturated rings. The molecule has 25 heavy (non-hydrogen) atoms. The van der Waals surface area contributed by atoms with Crippen LogP contribution in [0.5, 0.6) is 0 Å². The summed E-state index contributed by atoms with van der Waals surface area (Å²) in [7, 11) is -3.98. The first-order valence-electron chi connectivity index (χ1n) is 8.16. The highest BCUT2D eigenvalue weighted by Crippen LogP contribution is 2.36. The van der Waals surface area contributed by atoms with Crippen molar-refractivity contribution < 1.29 is 21.7 Å². The van der Waals surface area contributed by atoms with Crippen molar-refractivity contribution in [2.45, 2.75) is 62.8 Å². The van der Waals surface area contributed by atoms with Crippen LogP contribution in [-0.2, 0) is 16.6 Å². The fraction of sp³-hybridized carbons (Fsp3) is 0.600. The van der Waals surface area contributed by atoms with E-state index in [-0.39, 0.29) is 16.7 Å². The van der Waals surface area contributed by atoms with Crippen LogP contribution in [0.1, 0.15) is 49.3 Å². The Kier molecular flexibility index (Phi) is 5.07. The lowest BCUT2D eigenvalue weighted by molar-refractivity contribution is 0.121. The summed E-state index contributed by atoms with van der Waals surface area (Å²) >= 11 is 0. The van der Waals surface area contributed by atoms with Gasteiger partial charge in [-0.05, 0) is 19.8 Å². The van der Waals surface area contributed by atoms with Crippen LogP contribution in [0.15, 0.2) is 21.8 Å². The molecule has 7 nitrogen and oxygen atoms in total. The summed E-state index contributed by atoms with van der Waals surface area (Å²) in [5.74, 6) is 0.340. The quantitative estimate of drug-likeness (QED) is 0.838. The van der Waals surface area contributed by atoms with Crippen LogP contribution in [-0.4, -0.2) is 29.8 Å². The van der Waals surface area contributed by atoms with Gasteiger partial charge in [0.25, 0.3) is 16.4 Å². The first-order chi connectivity index (χ1) is 11.9. The molecule has 138 valence electrons. The molecule has 0 bridgehead atoms. The third kappa shape index (κ3) is 4.00. The molecule has 2 heterocycles. The second kappa shape index (κ2) is 7.11. The minimum atomic E-state index is -3.98. The summed E-state index contributed by atoms with van der Waals surface area (Å²) in [4.78, 5) is -0.205. The van der Waals surface area contributed by atoms with Crippen molar-refractivity contribution in [3.63, 3.8) is 0 Å². The van der Waals surface area contributed by atoms with Crippen LogP contribution in [0.2, 0.25) is 0 Å². The highest BCUT2D eigenvalue weighted by Gasteiger charge is 2.26. The van der Waals surface area contributed by atoms with Gasteiger partial charge in [-0.15, -0.1) is 0 Å². The average Bonchev–Trinajstić information content (AvgIpc) is 3.16. The first kappa shape index (κ1) is 17.8. The second-order valence-corrected chi connectivity index (χ2v) is 7.93. The molecule has 0 aromatic carbocycles. The number of nitrogens with one attached hydrogen (secondary N) is 1. The van der Waals surface area contributed by atoms with Crippen molar-refractivity contribution >= 4 is 15.9 Å². The van der Waals surface area contributed by atoms with E-state index in [1.807, 2.05) is 0 Å². The van der Waals surface area contributed by atoms with E-state index >= 15 is 0 Å². The highest BCUT2D eigenvalue weighted by molar-refractivity contribution is 7.92. The predicted octanol–water partition coefficient (Wildman–Crippen LogP) is 3.29. The van der Waals surface area contributed by atoms with Crippen molar-refractivity contribution in [2.24, 2.45) is 0 Å². The third-order valence-electron chi connectivity index (χ3n) is 4.42. The Hall–Kier alpha value is -1.97. The Bertz CT molecular complexity index is 826. The molecule has 0 saturated heterocycles. The van der Waals surface area contributed by atoms with Gasteiger partial charge in [-0.3, -0.25) is 4.68 Å². The van der Waals surface area contributed by atoms with Crippen molar-refractivity contribution in [3.05, 3.63) is 23.7 Å². The molecule has 0 spiro atoms. The number of aromatic nitrogens is 3. The Morgan fingerprint density at radius 2 is 2.08 bits per heavy atom. The molecule has 1 aliphatic rings. The summed E-state index contributed by atoms with van der Waals surface area (Å²) in [5.41, 5.74) is 1.45. The van der Waals surface area contributed by atoms with Crippen LogP contribution < -0.4 is 4.72 Å². The van der Waals surface area contributed by atoms with Gasteiger partial charge < -0.3 is 4.52 Å². The first-order valence-corrected chi connectivity index (χ1v) is 9.64. The molecule has 0 aliphatic heterocycles. The van der Waals surface area contributed by atoms with E-state index in [1.165, 1.54) is 6.42 Å². The maximum atomic E-state index is 12.4. The van der Waals surface area contributed by atoms with E-state index in [2.05, 4.69) is 15.0 Å². The number of hydrogen-bond acceptors (Lipinski definition) is 5. The average molecular weight is 374 g/mol. The molecule has 2 aromatic rings. The van der Waals surface area contributed by atoms with Crippen LogP contribution >= 0.6 is 0 Å². The van der Waals surface area contributed by atoms with Crippen molar-refractivity contribution in [1.29, 1.82) is 0 Å².